The zero-order chi connectivity index (χ0) is 18.0. The molecule has 140 valence electrons. The van der Waals surface area contributed by atoms with E-state index in [1.807, 2.05) is 0 Å². The summed E-state index contributed by atoms with van der Waals surface area (Å²) in [6, 6.07) is 0. The maximum Gasteiger partial charge on any atom is 0.147 e. The summed E-state index contributed by atoms with van der Waals surface area (Å²) in [6.07, 6.45) is 10.5. The third-order valence-electron chi connectivity index (χ3n) is 7.15. The molecule has 0 saturated heterocycles. The highest BCUT2D eigenvalue weighted by Crippen LogP contribution is 2.57. The monoisotopic (exact) mass is 338 g/mol. The Morgan fingerprint density at radius 3 is 2.58 bits per heavy atom. The van der Waals surface area contributed by atoms with Gasteiger partial charge in [0.2, 0.25) is 0 Å². The predicted molar refractivity (Wildman–Crippen MR) is 98.7 cm³/mol. The standard InChI is InChI=1S/C21H38O3/c1-15(9-10-16(2)20(3,4)24-14-23-6)17-11-12-18-19(22)8-7-13-21(17,18)5/h9-10,15-19,22H,7-8,11-14H2,1-6H3/b10-9+/t15-,16+,17-,18+,19+,21-/m1/s1. The molecule has 24 heavy (non-hydrogen) atoms. The largest absolute Gasteiger partial charge is 0.393 e. The SMILES string of the molecule is COCOC(C)(C)[C@@H](C)/C=C/[C@@H](C)[C@H]1CC[C@H]2[C@@H](O)CCC[C@]12C. The Kier molecular flexibility index (Phi) is 6.55. The Labute approximate surface area is 148 Å². The molecule has 2 aliphatic carbocycles. The molecule has 0 radical (unpaired) electrons. The lowest BCUT2D eigenvalue weighted by atomic mass is 9.62. The normalized spacial score (nSPS) is 36.7. The fourth-order valence-electron chi connectivity index (χ4n) is 5.10. The van der Waals surface area contributed by atoms with Crippen LogP contribution in [0.2, 0.25) is 0 Å². The van der Waals surface area contributed by atoms with Gasteiger partial charge in [-0.2, -0.15) is 0 Å². The van der Waals surface area contributed by atoms with Crippen LogP contribution < -0.4 is 0 Å². The molecule has 0 unspecified atom stereocenters. The first kappa shape index (κ1) is 19.9. The Hall–Kier alpha value is -0.380. The molecule has 0 aromatic rings. The van der Waals surface area contributed by atoms with E-state index >= 15 is 0 Å². The molecule has 0 amide bonds. The van der Waals surface area contributed by atoms with Crippen molar-refractivity contribution < 1.29 is 14.6 Å². The fourth-order valence-corrected chi connectivity index (χ4v) is 5.10. The molecule has 3 nitrogen and oxygen atoms in total. The van der Waals surface area contributed by atoms with E-state index in [2.05, 4.69) is 46.8 Å². The molecule has 0 aliphatic heterocycles. The fraction of sp³-hybridized carbons (Fsp3) is 0.905. The molecule has 2 aliphatic rings. The van der Waals surface area contributed by atoms with Crippen molar-refractivity contribution in [3.05, 3.63) is 12.2 Å². The predicted octanol–water partition coefficient (Wildman–Crippen LogP) is 4.79. The Bertz CT molecular complexity index is 431. The van der Waals surface area contributed by atoms with Gasteiger partial charge in [0.15, 0.2) is 0 Å². The van der Waals surface area contributed by atoms with Crippen LogP contribution in [0.5, 0.6) is 0 Å². The number of rotatable bonds is 7. The van der Waals surface area contributed by atoms with E-state index in [9.17, 15) is 5.11 Å². The zero-order valence-electron chi connectivity index (χ0n) is 16.5. The zero-order valence-corrected chi connectivity index (χ0v) is 16.5. The number of allylic oxidation sites excluding steroid dienone is 1. The third kappa shape index (κ3) is 4.05. The molecule has 0 aromatic carbocycles. The quantitative estimate of drug-likeness (QED) is 0.536. The summed E-state index contributed by atoms with van der Waals surface area (Å²) in [7, 11) is 1.66. The van der Waals surface area contributed by atoms with Gasteiger partial charge in [0.05, 0.1) is 11.7 Å². The van der Waals surface area contributed by atoms with Crippen molar-refractivity contribution in [1.82, 2.24) is 0 Å². The number of hydrogen-bond donors (Lipinski definition) is 1. The third-order valence-corrected chi connectivity index (χ3v) is 7.15. The van der Waals surface area contributed by atoms with Gasteiger partial charge in [-0.05, 0) is 62.7 Å². The van der Waals surface area contributed by atoms with Gasteiger partial charge in [0.1, 0.15) is 6.79 Å². The molecule has 0 heterocycles. The minimum atomic E-state index is -0.227. The summed E-state index contributed by atoms with van der Waals surface area (Å²) in [5.74, 6) is 2.07. The smallest absolute Gasteiger partial charge is 0.147 e. The van der Waals surface area contributed by atoms with E-state index in [-0.39, 0.29) is 11.7 Å². The number of aliphatic hydroxyl groups is 1. The Morgan fingerprint density at radius 2 is 1.92 bits per heavy atom. The Morgan fingerprint density at radius 1 is 1.21 bits per heavy atom. The van der Waals surface area contributed by atoms with Crippen LogP contribution in [-0.2, 0) is 9.47 Å². The van der Waals surface area contributed by atoms with E-state index in [0.717, 1.165) is 6.42 Å². The van der Waals surface area contributed by atoms with Gasteiger partial charge in [-0.15, -0.1) is 0 Å². The molecular formula is C21H38O3. The lowest BCUT2D eigenvalue weighted by Gasteiger charge is -2.44. The van der Waals surface area contributed by atoms with Gasteiger partial charge in [0.25, 0.3) is 0 Å². The minimum Gasteiger partial charge on any atom is -0.393 e. The number of hydrogen-bond acceptors (Lipinski definition) is 3. The van der Waals surface area contributed by atoms with E-state index in [1.165, 1.54) is 25.7 Å². The second-order valence-electron chi connectivity index (χ2n) is 8.94. The maximum absolute atomic E-state index is 10.4. The lowest BCUT2D eigenvalue weighted by molar-refractivity contribution is -0.128. The van der Waals surface area contributed by atoms with Gasteiger partial charge in [-0.1, -0.05) is 39.3 Å². The topological polar surface area (TPSA) is 38.7 Å². The van der Waals surface area contributed by atoms with Gasteiger partial charge >= 0.3 is 0 Å². The average Bonchev–Trinajstić information content (AvgIpc) is 2.88. The van der Waals surface area contributed by atoms with Crippen LogP contribution in [0.4, 0.5) is 0 Å². The minimum absolute atomic E-state index is 0.0785. The maximum atomic E-state index is 10.4. The number of ether oxygens (including phenoxy) is 2. The molecule has 2 fully saturated rings. The molecule has 2 rings (SSSR count). The molecule has 1 N–H and O–H groups in total. The van der Waals surface area contributed by atoms with Crippen LogP contribution in [0.1, 0.15) is 66.7 Å². The van der Waals surface area contributed by atoms with Crippen molar-refractivity contribution in [2.45, 2.75) is 78.4 Å². The molecule has 6 atom stereocenters. The van der Waals surface area contributed by atoms with Crippen LogP contribution in [0.15, 0.2) is 12.2 Å². The van der Waals surface area contributed by atoms with E-state index < -0.39 is 0 Å². The first-order valence-corrected chi connectivity index (χ1v) is 9.71. The number of fused-ring (bicyclic) bond motifs is 1. The van der Waals surface area contributed by atoms with Crippen molar-refractivity contribution in [2.24, 2.45) is 29.1 Å². The van der Waals surface area contributed by atoms with Crippen molar-refractivity contribution in [1.29, 1.82) is 0 Å². The van der Waals surface area contributed by atoms with Gasteiger partial charge < -0.3 is 14.6 Å². The summed E-state index contributed by atoms with van der Waals surface area (Å²) >= 11 is 0. The summed E-state index contributed by atoms with van der Waals surface area (Å²) in [6.45, 7) is 11.6. The summed E-state index contributed by atoms with van der Waals surface area (Å²) < 4.78 is 10.9. The second-order valence-corrected chi connectivity index (χ2v) is 8.94. The lowest BCUT2D eigenvalue weighted by Crippen LogP contribution is -2.41. The van der Waals surface area contributed by atoms with E-state index in [1.54, 1.807) is 7.11 Å². The summed E-state index contributed by atoms with van der Waals surface area (Å²) in [4.78, 5) is 0. The second kappa shape index (κ2) is 7.88. The van der Waals surface area contributed by atoms with Crippen LogP contribution in [0.3, 0.4) is 0 Å². The van der Waals surface area contributed by atoms with Crippen molar-refractivity contribution in [3.63, 3.8) is 0 Å². The number of aliphatic hydroxyl groups excluding tert-OH is 1. The molecule has 0 aromatic heterocycles. The molecule has 3 heteroatoms. The highest BCUT2D eigenvalue weighted by atomic mass is 16.7. The molecule has 0 spiro atoms. The summed E-state index contributed by atoms with van der Waals surface area (Å²) in [5, 5.41) is 10.4. The molecule has 2 saturated carbocycles. The van der Waals surface area contributed by atoms with E-state index in [0.29, 0.717) is 35.9 Å². The van der Waals surface area contributed by atoms with Crippen molar-refractivity contribution >= 4 is 0 Å². The van der Waals surface area contributed by atoms with Crippen LogP contribution in [0, 0.1) is 29.1 Å². The van der Waals surface area contributed by atoms with Crippen LogP contribution in [-0.4, -0.2) is 30.7 Å². The summed E-state index contributed by atoms with van der Waals surface area (Å²) in [5.41, 5.74) is 0.0854. The van der Waals surface area contributed by atoms with Gasteiger partial charge in [-0.3, -0.25) is 0 Å². The van der Waals surface area contributed by atoms with Gasteiger partial charge in [-0.25, -0.2) is 0 Å². The van der Waals surface area contributed by atoms with Gasteiger partial charge in [0, 0.05) is 13.0 Å². The highest BCUT2D eigenvalue weighted by molar-refractivity contribution is 5.06. The Balaban J connectivity index is 2.00. The van der Waals surface area contributed by atoms with Crippen molar-refractivity contribution in [2.75, 3.05) is 13.9 Å². The highest BCUT2D eigenvalue weighted by Gasteiger charge is 2.51. The molecule has 0 bridgehead atoms. The molecular weight excluding hydrogens is 300 g/mol. The van der Waals surface area contributed by atoms with Crippen LogP contribution >= 0.6 is 0 Å². The first-order valence-electron chi connectivity index (χ1n) is 9.71. The number of methoxy groups -OCH3 is 1. The van der Waals surface area contributed by atoms with Crippen LogP contribution in [0.25, 0.3) is 0 Å². The van der Waals surface area contributed by atoms with Crippen molar-refractivity contribution in [3.8, 4) is 0 Å². The van der Waals surface area contributed by atoms with E-state index in [4.69, 9.17) is 9.47 Å². The first-order chi connectivity index (χ1) is 11.2. The average molecular weight is 339 g/mol.